The van der Waals surface area contributed by atoms with Crippen LogP contribution >= 0.6 is 0 Å². The fraction of sp³-hybridized carbons (Fsp3) is 0.0423. The molecule has 13 aromatic rings. The topological polar surface area (TPSA) is 21.3 Å². The van der Waals surface area contributed by atoms with Crippen LogP contribution < -0.4 is 4.90 Å². The zero-order valence-electron chi connectivity index (χ0n) is 41.0. The molecule has 0 amide bonds. The molecule has 2 heterocycles. The molecule has 0 fully saturated rings. The van der Waals surface area contributed by atoms with Crippen LogP contribution in [-0.2, 0) is 0 Å². The number of furan rings is 1. The molecule has 3 heteroatoms. The highest BCUT2D eigenvalue weighted by Gasteiger charge is 2.25. The van der Waals surface area contributed by atoms with Crippen molar-refractivity contribution in [3.63, 3.8) is 0 Å². The Hall–Kier alpha value is -9.44. The van der Waals surface area contributed by atoms with E-state index < -0.39 is 0 Å². The van der Waals surface area contributed by atoms with Crippen molar-refractivity contribution in [2.45, 2.75) is 19.3 Å². The number of nitrogens with zero attached hydrogens (tertiary/aromatic N) is 2. The van der Waals surface area contributed by atoms with E-state index in [0.29, 0.717) is 5.92 Å². The van der Waals surface area contributed by atoms with Crippen molar-refractivity contribution >= 4 is 66.8 Å². The third-order valence-corrected chi connectivity index (χ3v) is 15.3. The highest BCUT2D eigenvalue weighted by molar-refractivity contribution is 6.09. The smallest absolute Gasteiger partial charge is 0.143 e. The average molecular weight is 947 g/mol. The number of aromatic nitrogens is 1. The summed E-state index contributed by atoms with van der Waals surface area (Å²) in [6.45, 7) is 2.35. The van der Waals surface area contributed by atoms with E-state index in [1.54, 1.807) is 0 Å². The molecular formula is C71H50N2O. The Balaban J connectivity index is 0.778. The normalized spacial score (nSPS) is 13.2. The van der Waals surface area contributed by atoms with Crippen LogP contribution in [-0.4, -0.2) is 4.57 Å². The lowest BCUT2D eigenvalue weighted by atomic mass is 9.93. The zero-order chi connectivity index (χ0) is 49.1. The molecule has 1 aliphatic carbocycles. The minimum atomic E-state index is 0.423. The number of fused-ring (bicyclic) bond motifs is 7. The number of benzene rings is 11. The fourth-order valence-corrected chi connectivity index (χ4v) is 11.5. The van der Waals surface area contributed by atoms with Gasteiger partial charge in [0.15, 0.2) is 0 Å². The first-order chi connectivity index (χ1) is 36.6. The van der Waals surface area contributed by atoms with Gasteiger partial charge in [-0.25, -0.2) is 0 Å². The number of rotatable bonds is 9. The quantitative estimate of drug-likeness (QED) is 0.144. The fourth-order valence-electron chi connectivity index (χ4n) is 11.5. The predicted octanol–water partition coefficient (Wildman–Crippen LogP) is 20.0. The Morgan fingerprint density at radius 1 is 0.405 bits per heavy atom. The van der Waals surface area contributed by atoms with Crippen molar-refractivity contribution in [1.82, 2.24) is 4.57 Å². The number of hydrogen-bond donors (Lipinski definition) is 0. The maximum absolute atomic E-state index is 6.39. The van der Waals surface area contributed by atoms with Gasteiger partial charge in [0.25, 0.3) is 0 Å². The van der Waals surface area contributed by atoms with Gasteiger partial charge in [0, 0.05) is 61.5 Å². The molecule has 0 aliphatic heterocycles. The van der Waals surface area contributed by atoms with Gasteiger partial charge in [-0.3, -0.25) is 0 Å². The van der Waals surface area contributed by atoms with Crippen LogP contribution in [0.3, 0.4) is 0 Å². The Morgan fingerprint density at radius 3 is 1.57 bits per heavy atom. The molecule has 0 saturated carbocycles. The van der Waals surface area contributed by atoms with Crippen molar-refractivity contribution in [3.05, 3.63) is 272 Å². The molecule has 0 bridgehead atoms. The van der Waals surface area contributed by atoms with Crippen LogP contribution in [0.25, 0.3) is 111 Å². The van der Waals surface area contributed by atoms with Crippen LogP contribution in [0, 0.1) is 0 Å². The monoisotopic (exact) mass is 946 g/mol. The molecule has 2 aromatic heterocycles. The molecule has 74 heavy (non-hydrogen) atoms. The van der Waals surface area contributed by atoms with Gasteiger partial charge in [0.05, 0.1) is 11.2 Å². The first kappa shape index (κ1) is 43.4. The minimum Gasteiger partial charge on any atom is -0.455 e. The summed E-state index contributed by atoms with van der Waals surface area (Å²) in [7, 11) is 0. The summed E-state index contributed by atoms with van der Waals surface area (Å²) in [6, 6.07) is 92.5. The zero-order valence-corrected chi connectivity index (χ0v) is 41.0. The van der Waals surface area contributed by atoms with Gasteiger partial charge >= 0.3 is 0 Å². The van der Waals surface area contributed by atoms with Crippen molar-refractivity contribution in [2.75, 3.05) is 4.90 Å². The van der Waals surface area contributed by atoms with Crippen molar-refractivity contribution in [2.24, 2.45) is 0 Å². The summed E-state index contributed by atoms with van der Waals surface area (Å²) in [5.74, 6) is 0.423. The van der Waals surface area contributed by atoms with E-state index in [2.05, 4.69) is 271 Å². The van der Waals surface area contributed by atoms with Crippen molar-refractivity contribution in [3.8, 4) is 61.3 Å². The molecule has 0 spiro atoms. The van der Waals surface area contributed by atoms with E-state index in [1.807, 2.05) is 12.1 Å². The maximum Gasteiger partial charge on any atom is 0.143 e. The third kappa shape index (κ3) is 7.52. The SMILES string of the molecule is CC1CC=Cc2c1n(-c1ccccc1-c1ccc(-c3ccc(N(c4ccc(-c5ccc(-c6cccc7c6oc6ccccc67)cc5)cc4)c4ccc(-c5ccc6ccccc6c5)cc4)cc3)cc1)c1ccccc21. The molecule has 14 rings (SSSR count). The van der Waals surface area contributed by atoms with E-state index in [9.17, 15) is 0 Å². The molecule has 0 radical (unpaired) electrons. The van der Waals surface area contributed by atoms with Gasteiger partial charge in [-0.1, -0.05) is 213 Å². The molecule has 350 valence electrons. The van der Waals surface area contributed by atoms with Gasteiger partial charge in [-0.15, -0.1) is 0 Å². The Kier molecular flexibility index (Phi) is 10.5. The van der Waals surface area contributed by atoms with E-state index >= 15 is 0 Å². The Labute approximate surface area is 431 Å². The van der Waals surface area contributed by atoms with Gasteiger partial charge in [0.2, 0.25) is 0 Å². The molecule has 1 unspecified atom stereocenters. The van der Waals surface area contributed by atoms with E-state index in [0.717, 1.165) is 67.7 Å². The first-order valence-corrected chi connectivity index (χ1v) is 25.7. The minimum absolute atomic E-state index is 0.423. The molecular weight excluding hydrogens is 897 g/mol. The summed E-state index contributed by atoms with van der Waals surface area (Å²) in [5.41, 5.74) is 22.0. The van der Waals surface area contributed by atoms with Crippen LogP contribution in [0.5, 0.6) is 0 Å². The third-order valence-electron chi connectivity index (χ3n) is 15.3. The van der Waals surface area contributed by atoms with Crippen LogP contribution in [0.4, 0.5) is 17.1 Å². The molecule has 1 atom stereocenters. The van der Waals surface area contributed by atoms with E-state index in [1.165, 1.54) is 72.0 Å². The highest BCUT2D eigenvalue weighted by Crippen LogP contribution is 2.43. The largest absolute Gasteiger partial charge is 0.455 e. The first-order valence-electron chi connectivity index (χ1n) is 25.7. The second-order valence-electron chi connectivity index (χ2n) is 19.7. The van der Waals surface area contributed by atoms with Gasteiger partial charge < -0.3 is 13.9 Å². The second kappa shape index (κ2) is 18.0. The lowest BCUT2D eigenvalue weighted by Crippen LogP contribution is -2.09. The summed E-state index contributed by atoms with van der Waals surface area (Å²) >= 11 is 0. The van der Waals surface area contributed by atoms with Gasteiger partial charge in [-0.2, -0.15) is 0 Å². The van der Waals surface area contributed by atoms with E-state index in [4.69, 9.17) is 4.42 Å². The van der Waals surface area contributed by atoms with Crippen LogP contribution in [0.1, 0.15) is 30.5 Å². The van der Waals surface area contributed by atoms with Crippen molar-refractivity contribution < 1.29 is 4.42 Å². The number of allylic oxidation sites excluding steroid dienone is 1. The maximum atomic E-state index is 6.39. The van der Waals surface area contributed by atoms with Gasteiger partial charge in [0.1, 0.15) is 11.2 Å². The summed E-state index contributed by atoms with van der Waals surface area (Å²) in [6.07, 6.45) is 5.69. The molecule has 0 saturated heterocycles. The molecule has 1 aliphatic rings. The molecule has 11 aromatic carbocycles. The second-order valence-corrected chi connectivity index (χ2v) is 19.7. The summed E-state index contributed by atoms with van der Waals surface area (Å²) in [5, 5.41) is 6.08. The lowest BCUT2D eigenvalue weighted by molar-refractivity contribution is 0.670. The number of para-hydroxylation sites is 4. The van der Waals surface area contributed by atoms with Gasteiger partial charge in [-0.05, 0) is 122 Å². The predicted molar refractivity (Wildman–Crippen MR) is 312 cm³/mol. The lowest BCUT2D eigenvalue weighted by Gasteiger charge is -2.26. The molecule has 3 nitrogen and oxygen atoms in total. The standard InChI is InChI=1S/C71H50N2O/c1-47-12-10-19-65-63-16-5-8-22-68(63)73(70(47)65)67-21-7-4-15-61(67)54-29-24-49(25-30-54)51-34-40-58(41-35-51)72(60-44-38-53(39-45-60)57-33-28-48-13-2-3-14-56(48)46-57)59-42-36-52(37-43-59)50-26-31-55(32-27-50)62-18-11-20-66-64-17-6-9-23-69(64)74-71(62)66/h2-11,13-47H,12H2,1H3. The van der Waals surface area contributed by atoms with Crippen LogP contribution in [0.15, 0.2) is 265 Å². The summed E-state index contributed by atoms with van der Waals surface area (Å²) in [4.78, 5) is 2.36. The highest BCUT2D eigenvalue weighted by atomic mass is 16.3. The molecule has 0 N–H and O–H groups in total. The van der Waals surface area contributed by atoms with Crippen LogP contribution in [0.2, 0.25) is 0 Å². The number of anilines is 3. The summed E-state index contributed by atoms with van der Waals surface area (Å²) < 4.78 is 8.90. The van der Waals surface area contributed by atoms with E-state index in [-0.39, 0.29) is 0 Å². The number of hydrogen-bond acceptors (Lipinski definition) is 2. The average Bonchev–Trinajstić information content (AvgIpc) is 4.03. The van der Waals surface area contributed by atoms with Crippen molar-refractivity contribution in [1.29, 1.82) is 0 Å². The Bertz CT molecular complexity index is 4250. The Morgan fingerprint density at radius 2 is 0.892 bits per heavy atom.